The largest absolute Gasteiger partial charge is 0.388 e. The molecular weight excluding hydrogens is 288 g/mol. The second-order valence-corrected chi connectivity index (χ2v) is 5.50. The molecular formula is C12H22O9. The Bertz CT molecular complexity index is 340. The summed E-state index contributed by atoms with van der Waals surface area (Å²) >= 11 is 0. The molecule has 0 saturated carbocycles. The van der Waals surface area contributed by atoms with E-state index in [4.69, 9.17) is 14.2 Å². The van der Waals surface area contributed by atoms with Gasteiger partial charge in [0.2, 0.25) is 0 Å². The van der Waals surface area contributed by atoms with Gasteiger partial charge in [0.15, 0.2) is 12.6 Å². The summed E-state index contributed by atoms with van der Waals surface area (Å²) in [6.07, 6.45) is -13.0. The van der Waals surface area contributed by atoms with Crippen LogP contribution in [0.4, 0.5) is 0 Å². The quantitative estimate of drug-likeness (QED) is 0.308. The predicted molar refractivity (Wildman–Crippen MR) is 65.8 cm³/mol. The molecule has 21 heavy (non-hydrogen) atoms. The van der Waals surface area contributed by atoms with E-state index in [1.807, 2.05) is 0 Å². The lowest BCUT2D eigenvalue weighted by molar-refractivity contribution is -0.349. The summed E-state index contributed by atoms with van der Waals surface area (Å²) < 4.78 is 15.4. The van der Waals surface area contributed by atoms with Crippen molar-refractivity contribution in [3.05, 3.63) is 0 Å². The van der Waals surface area contributed by atoms with Crippen molar-refractivity contribution in [2.24, 2.45) is 0 Å². The van der Waals surface area contributed by atoms with E-state index < -0.39 is 61.4 Å². The number of aliphatic hydroxyl groups is 6. The highest BCUT2D eigenvalue weighted by Crippen LogP contribution is 2.28. The van der Waals surface area contributed by atoms with Gasteiger partial charge >= 0.3 is 0 Å². The number of aliphatic hydroxyl groups excluding tert-OH is 6. The third kappa shape index (κ3) is 3.21. The molecule has 2 rings (SSSR count). The summed E-state index contributed by atoms with van der Waals surface area (Å²) in [6, 6.07) is 0. The van der Waals surface area contributed by atoms with Gasteiger partial charge in [0.1, 0.15) is 36.6 Å². The van der Waals surface area contributed by atoms with Crippen LogP contribution in [-0.4, -0.2) is 92.1 Å². The second kappa shape index (κ2) is 6.41. The highest BCUT2D eigenvalue weighted by atomic mass is 16.7. The molecule has 6 N–H and O–H groups in total. The predicted octanol–water partition coefficient (Wildman–Crippen LogP) is -3.34. The monoisotopic (exact) mass is 310 g/mol. The van der Waals surface area contributed by atoms with Gasteiger partial charge in [0, 0.05) is 0 Å². The van der Waals surface area contributed by atoms with Gasteiger partial charge in [-0.1, -0.05) is 0 Å². The van der Waals surface area contributed by atoms with E-state index in [0.717, 1.165) is 0 Å². The lowest BCUT2D eigenvalue weighted by Crippen LogP contribution is -2.63. The molecule has 9 nitrogen and oxygen atoms in total. The molecule has 0 spiro atoms. The van der Waals surface area contributed by atoms with Crippen molar-refractivity contribution in [3.8, 4) is 0 Å². The van der Waals surface area contributed by atoms with E-state index in [9.17, 15) is 30.6 Å². The fraction of sp³-hybridized carbons (Fsp3) is 1.00. The van der Waals surface area contributed by atoms with Crippen LogP contribution in [0.15, 0.2) is 0 Å². The first-order valence-corrected chi connectivity index (χ1v) is 6.78. The van der Waals surface area contributed by atoms with E-state index in [-0.39, 0.29) is 0 Å². The van der Waals surface area contributed by atoms with Crippen molar-refractivity contribution in [2.75, 3.05) is 0 Å². The van der Waals surface area contributed by atoms with Crippen LogP contribution >= 0.6 is 0 Å². The SMILES string of the molecule is CC1O[C@@H](OC2C(O)[C@H](O)OC(C)[C@@H]2O)C(O)C(O)[C@H]1O. The van der Waals surface area contributed by atoms with E-state index in [2.05, 4.69) is 0 Å². The molecule has 0 bridgehead atoms. The Labute approximate surface area is 121 Å². The van der Waals surface area contributed by atoms with Gasteiger partial charge in [-0.05, 0) is 13.8 Å². The van der Waals surface area contributed by atoms with Crippen LogP contribution in [-0.2, 0) is 14.2 Å². The molecule has 2 saturated heterocycles. The summed E-state index contributed by atoms with van der Waals surface area (Å²) in [5, 5.41) is 58.4. The maximum absolute atomic E-state index is 9.96. The second-order valence-electron chi connectivity index (χ2n) is 5.50. The Balaban J connectivity index is 2.08. The molecule has 0 aromatic carbocycles. The number of hydrogen-bond donors (Lipinski definition) is 6. The standard InChI is InChI=1S/C12H22O9/c1-3-5(13)7(15)8(16)12(20-3)21-10-6(14)4(2)19-11(18)9(10)17/h3-18H,1-2H3/t3?,4?,5-,6-,7?,8?,9?,10?,11+,12-/m0/s1. The Morgan fingerprint density at radius 1 is 0.667 bits per heavy atom. The van der Waals surface area contributed by atoms with Crippen LogP contribution in [0.3, 0.4) is 0 Å². The molecule has 0 amide bonds. The van der Waals surface area contributed by atoms with Crippen LogP contribution in [0.2, 0.25) is 0 Å². The minimum atomic E-state index is -1.56. The van der Waals surface area contributed by atoms with E-state index in [1.54, 1.807) is 0 Å². The maximum Gasteiger partial charge on any atom is 0.187 e. The van der Waals surface area contributed by atoms with Crippen molar-refractivity contribution >= 4 is 0 Å². The molecule has 6 unspecified atom stereocenters. The molecule has 2 fully saturated rings. The average Bonchev–Trinajstić information content (AvgIpc) is 2.44. The highest BCUT2D eigenvalue weighted by Gasteiger charge is 2.48. The van der Waals surface area contributed by atoms with Gasteiger partial charge in [0.05, 0.1) is 12.2 Å². The summed E-state index contributed by atoms with van der Waals surface area (Å²) in [5.74, 6) is 0. The highest BCUT2D eigenvalue weighted by molar-refractivity contribution is 4.92. The Hall–Kier alpha value is -0.360. The maximum atomic E-state index is 9.96. The smallest absolute Gasteiger partial charge is 0.187 e. The zero-order valence-electron chi connectivity index (χ0n) is 11.7. The Kier molecular flexibility index (Phi) is 5.19. The molecule has 2 aliphatic heterocycles. The van der Waals surface area contributed by atoms with Crippen molar-refractivity contribution in [3.63, 3.8) is 0 Å². The van der Waals surface area contributed by atoms with Crippen molar-refractivity contribution in [1.82, 2.24) is 0 Å². The summed E-state index contributed by atoms with van der Waals surface area (Å²) in [5.41, 5.74) is 0. The van der Waals surface area contributed by atoms with Crippen LogP contribution in [0.1, 0.15) is 13.8 Å². The van der Waals surface area contributed by atoms with E-state index >= 15 is 0 Å². The fourth-order valence-corrected chi connectivity index (χ4v) is 2.45. The first-order chi connectivity index (χ1) is 9.73. The first-order valence-electron chi connectivity index (χ1n) is 6.78. The summed E-state index contributed by atoms with van der Waals surface area (Å²) in [6.45, 7) is 2.96. The normalized spacial score (nSPS) is 55.4. The molecule has 124 valence electrons. The molecule has 10 atom stereocenters. The number of rotatable bonds is 2. The third-order valence-corrected chi connectivity index (χ3v) is 3.90. The van der Waals surface area contributed by atoms with Gasteiger partial charge in [-0.3, -0.25) is 0 Å². The summed E-state index contributed by atoms with van der Waals surface area (Å²) in [4.78, 5) is 0. The molecule has 0 aromatic rings. The lowest BCUT2D eigenvalue weighted by Gasteiger charge is -2.44. The minimum Gasteiger partial charge on any atom is -0.388 e. The van der Waals surface area contributed by atoms with Crippen LogP contribution in [0.25, 0.3) is 0 Å². The molecule has 0 aliphatic carbocycles. The fourth-order valence-electron chi connectivity index (χ4n) is 2.45. The zero-order chi connectivity index (χ0) is 15.9. The van der Waals surface area contributed by atoms with Gasteiger partial charge in [-0.25, -0.2) is 0 Å². The van der Waals surface area contributed by atoms with Gasteiger partial charge in [0.25, 0.3) is 0 Å². The van der Waals surface area contributed by atoms with Crippen molar-refractivity contribution in [2.45, 2.75) is 75.3 Å². The third-order valence-electron chi connectivity index (χ3n) is 3.90. The van der Waals surface area contributed by atoms with Gasteiger partial charge < -0.3 is 44.8 Å². The molecule has 9 heteroatoms. The lowest BCUT2D eigenvalue weighted by atomic mass is 9.97. The van der Waals surface area contributed by atoms with Crippen LogP contribution < -0.4 is 0 Å². The number of hydrogen-bond acceptors (Lipinski definition) is 9. The molecule has 0 radical (unpaired) electrons. The topological polar surface area (TPSA) is 149 Å². The van der Waals surface area contributed by atoms with Crippen LogP contribution in [0, 0.1) is 0 Å². The van der Waals surface area contributed by atoms with Crippen molar-refractivity contribution < 1.29 is 44.8 Å². The summed E-state index contributed by atoms with van der Waals surface area (Å²) in [7, 11) is 0. The zero-order valence-corrected chi connectivity index (χ0v) is 11.7. The minimum absolute atomic E-state index is 0.804. The first kappa shape index (κ1) is 17.0. The molecule has 2 heterocycles. The Morgan fingerprint density at radius 2 is 1.24 bits per heavy atom. The van der Waals surface area contributed by atoms with Crippen LogP contribution in [0.5, 0.6) is 0 Å². The van der Waals surface area contributed by atoms with Crippen molar-refractivity contribution in [1.29, 1.82) is 0 Å². The van der Waals surface area contributed by atoms with E-state index in [1.165, 1.54) is 13.8 Å². The van der Waals surface area contributed by atoms with E-state index in [0.29, 0.717) is 0 Å². The molecule has 2 aliphatic rings. The molecule has 0 aromatic heterocycles. The number of ether oxygens (including phenoxy) is 3. The average molecular weight is 310 g/mol. The van der Waals surface area contributed by atoms with Gasteiger partial charge in [-0.15, -0.1) is 0 Å². The van der Waals surface area contributed by atoms with Gasteiger partial charge in [-0.2, -0.15) is 0 Å². The Morgan fingerprint density at radius 3 is 1.86 bits per heavy atom.